The van der Waals surface area contributed by atoms with Gasteiger partial charge in [0.05, 0.1) is 20.3 Å². The van der Waals surface area contributed by atoms with Crippen LogP contribution in [0.25, 0.3) is 0 Å². The molecule has 0 N–H and O–H groups in total. The maximum Gasteiger partial charge on any atom is 0.163 e. The molecule has 4 nitrogen and oxygen atoms in total. The lowest BCUT2D eigenvalue weighted by atomic mass is 10.00. The fourth-order valence-corrected chi connectivity index (χ4v) is 4.10. The van der Waals surface area contributed by atoms with Gasteiger partial charge in [-0.15, -0.1) is 0 Å². The van der Waals surface area contributed by atoms with Crippen molar-refractivity contribution in [2.24, 2.45) is 0 Å². The monoisotopic (exact) mass is 398 g/mol. The Kier molecular flexibility index (Phi) is 5.53. The van der Waals surface area contributed by atoms with Gasteiger partial charge in [-0.05, 0) is 30.7 Å². The Bertz CT molecular complexity index is 1000. The topological polar surface area (TPSA) is 26.6 Å². The lowest BCUT2D eigenvalue weighted by molar-refractivity contribution is 0.212. The van der Waals surface area contributed by atoms with Crippen LogP contribution in [0.4, 0.5) is 8.78 Å². The van der Waals surface area contributed by atoms with Crippen molar-refractivity contribution in [1.82, 2.24) is 9.47 Å². The van der Waals surface area contributed by atoms with Crippen molar-refractivity contribution in [1.29, 1.82) is 0 Å². The summed E-state index contributed by atoms with van der Waals surface area (Å²) in [6, 6.07) is 13.6. The summed E-state index contributed by atoms with van der Waals surface area (Å²) >= 11 is 0. The number of fused-ring (bicyclic) bond motifs is 1. The summed E-state index contributed by atoms with van der Waals surface area (Å²) in [6.45, 7) is 2.13. The number of methoxy groups -OCH3 is 2. The number of aromatic nitrogens is 1. The number of hydrogen-bond donors (Lipinski definition) is 0. The summed E-state index contributed by atoms with van der Waals surface area (Å²) < 4.78 is 41.8. The predicted molar refractivity (Wildman–Crippen MR) is 107 cm³/mol. The Hall–Kier alpha value is -2.86. The van der Waals surface area contributed by atoms with Crippen molar-refractivity contribution in [3.63, 3.8) is 0 Å². The molecule has 0 spiro atoms. The number of halogens is 2. The van der Waals surface area contributed by atoms with Crippen molar-refractivity contribution < 1.29 is 18.3 Å². The van der Waals surface area contributed by atoms with E-state index in [-0.39, 0.29) is 0 Å². The van der Waals surface area contributed by atoms with Gasteiger partial charge in [-0.1, -0.05) is 18.2 Å². The van der Waals surface area contributed by atoms with Gasteiger partial charge in [0.25, 0.3) is 0 Å². The van der Waals surface area contributed by atoms with Crippen LogP contribution in [0.1, 0.15) is 29.3 Å². The van der Waals surface area contributed by atoms with Crippen molar-refractivity contribution in [3.8, 4) is 11.5 Å². The molecule has 0 amide bonds. The number of nitrogens with zero attached hydrogens (tertiary/aromatic N) is 2. The van der Waals surface area contributed by atoms with Crippen molar-refractivity contribution in [3.05, 3.63) is 83.2 Å². The van der Waals surface area contributed by atoms with Gasteiger partial charge in [-0.2, -0.15) is 0 Å². The first-order valence-corrected chi connectivity index (χ1v) is 9.66. The number of ether oxygens (including phenoxy) is 2. The van der Waals surface area contributed by atoms with Crippen molar-refractivity contribution in [2.45, 2.75) is 25.6 Å². The third kappa shape index (κ3) is 3.72. The first kappa shape index (κ1) is 19.5. The Morgan fingerprint density at radius 2 is 1.86 bits per heavy atom. The van der Waals surface area contributed by atoms with E-state index in [1.807, 2.05) is 36.5 Å². The van der Waals surface area contributed by atoms with E-state index in [0.29, 0.717) is 23.6 Å². The molecule has 6 heteroatoms. The standard InChI is InChI=1S/C23H24F2N2O2/c1-28-17-10-9-16(21(14-17)29-2)15-27-13-5-12-26-11-4-8-20(26)23(27)18-6-3-7-19(24)22(18)25/h3-4,6-11,14,23H,5,12-13,15H2,1-2H3/t23-/m1/s1. The summed E-state index contributed by atoms with van der Waals surface area (Å²) in [6.07, 6.45) is 2.91. The second kappa shape index (κ2) is 8.25. The first-order valence-electron chi connectivity index (χ1n) is 9.66. The molecule has 1 atom stereocenters. The smallest absolute Gasteiger partial charge is 0.163 e. The number of aryl methyl sites for hydroxylation is 1. The molecular weight excluding hydrogens is 374 g/mol. The van der Waals surface area contributed by atoms with Crippen LogP contribution in [-0.2, 0) is 13.1 Å². The van der Waals surface area contributed by atoms with Crippen LogP contribution in [0.5, 0.6) is 11.5 Å². The molecule has 0 aliphatic carbocycles. The minimum absolute atomic E-state index is 0.347. The van der Waals surface area contributed by atoms with Crippen LogP contribution >= 0.6 is 0 Å². The molecule has 2 aromatic carbocycles. The Morgan fingerprint density at radius 1 is 1.00 bits per heavy atom. The molecule has 1 aromatic heterocycles. The molecule has 0 fully saturated rings. The highest BCUT2D eigenvalue weighted by Gasteiger charge is 2.30. The van der Waals surface area contributed by atoms with Crippen LogP contribution in [0.2, 0.25) is 0 Å². The molecule has 0 saturated heterocycles. The lowest BCUT2D eigenvalue weighted by Gasteiger charge is -2.31. The zero-order chi connectivity index (χ0) is 20.4. The van der Waals surface area contributed by atoms with Gasteiger partial charge < -0.3 is 14.0 Å². The van der Waals surface area contributed by atoms with Gasteiger partial charge >= 0.3 is 0 Å². The molecule has 2 heterocycles. The minimum atomic E-state index is -0.827. The van der Waals surface area contributed by atoms with E-state index < -0.39 is 17.7 Å². The highest BCUT2D eigenvalue weighted by molar-refractivity contribution is 5.41. The minimum Gasteiger partial charge on any atom is -0.497 e. The van der Waals surface area contributed by atoms with E-state index in [4.69, 9.17) is 9.47 Å². The molecule has 0 bridgehead atoms. The molecule has 29 heavy (non-hydrogen) atoms. The molecule has 3 aromatic rings. The van der Waals surface area contributed by atoms with Gasteiger partial charge in [0.15, 0.2) is 11.6 Å². The third-order valence-electron chi connectivity index (χ3n) is 5.50. The molecule has 0 radical (unpaired) electrons. The summed E-state index contributed by atoms with van der Waals surface area (Å²) in [5.41, 5.74) is 2.27. The lowest BCUT2D eigenvalue weighted by Crippen LogP contribution is -2.30. The number of benzene rings is 2. The fourth-order valence-electron chi connectivity index (χ4n) is 4.10. The molecule has 0 unspecified atom stereocenters. The molecule has 4 rings (SSSR count). The van der Waals surface area contributed by atoms with E-state index in [9.17, 15) is 8.78 Å². The Morgan fingerprint density at radius 3 is 2.66 bits per heavy atom. The van der Waals surface area contributed by atoms with Crippen molar-refractivity contribution >= 4 is 0 Å². The second-order valence-corrected chi connectivity index (χ2v) is 7.17. The average Bonchev–Trinajstić information content (AvgIpc) is 3.12. The van der Waals surface area contributed by atoms with Crippen molar-refractivity contribution in [2.75, 3.05) is 20.8 Å². The quantitative estimate of drug-likeness (QED) is 0.619. The summed E-state index contributed by atoms with van der Waals surface area (Å²) in [5, 5.41) is 0. The number of hydrogen-bond acceptors (Lipinski definition) is 3. The number of rotatable bonds is 5. The van der Waals surface area contributed by atoms with Crippen LogP contribution in [0.15, 0.2) is 54.7 Å². The van der Waals surface area contributed by atoms with Gasteiger partial charge in [0.1, 0.15) is 11.5 Å². The normalized spacial score (nSPS) is 16.9. The molecular formula is C23H24F2N2O2. The highest BCUT2D eigenvalue weighted by Crippen LogP contribution is 2.36. The SMILES string of the molecule is COc1ccc(CN2CCCn3cccc3[C@H]2c2cccc(F)c2F)c(OC)c1. The average molecular weight is 398 g/mol. The van der Waals surface area contributed by atoms with E-state index in [0.717, 1.165) is 36.8 Å². The molecule has 0 saturated carbocycles. The Balaban J connectivity index is 1.78. The van der Waals surface area contributed by atoms with Crippen LogP contribution in [0, 0.1) is 11.6 Å². The van der Waals surface area contributed by atoms with Gasteiger partial charge in [-0.25, -0.2) is 8.78 Å². The molecule has 1 aliphatic heterocycles. The van der Waals surface area contributed by atoms with E-state index in [1.54, 1.807) is 26.4 Å². The molecule has 152 valence electrons. The predicted octanol–water partition coefficient (Wildman–Crippen LogP) is 4.78. The largest absolute Gasteiger partial charge is 0.497 e. The van der Waals surface area contributed by atoms with Gasteiger partial charge in [0, 0.05) is 48.7 Å². The maximum absolute atomic E-state index is 14.8. The zero-order valence-electron chi connectivity index (χ0n) is 16.6. The van der Waals surface area contributed by atoms with Gasteiger partial charge in [0.2, 0.25) is 0 Å². The first-order chi connectivity index (χ1) is 14.1. The third-order valence-corrected chi connectivity index (χ3v) is 5.50. The summed E-state index contributed by atoms with van der Waals surface area (Å²) in [5.74, 6) is -0.198. The van der Waals surface area contributed by atoms with Crippen LogP contribution in [-0.4, -0.2) is 30.2 Å². The highest BCUT2D eigenvalue weighted by atomic mass is 19.2. The maximum atomic E-state index is 14.8. The zero-order valence-corrected chi connectivity index (χ0v) is 16.6. The van der Waals surface area contributed by atoms with E-state index in [2.05, 4.69) is 9.47 Å². The summed E-state index contributed by atoms with van der Waals surface area (Å²) in [7, 11) is 3.23. The van der Waals surface area contributed by atoms with Gasteiger partial charge in [-0.3, -0.25) is 4.90 Å². The second-order valence-electron chi connectivity index (χ2n) is 7.17. The summed E-state index contributed by atoms with van der Waals surface area (Å²) in [4.78, 5) is 2.18. The molecule has 1 aliphatic rings. The fraction of sp³-hybridized carbons (Fsp3) is 0.304. The van der Waals surface area contributed by atoms with E-state index in [1.165, 1.54) is 0 Å². The van der Waals surface area contributed by atoms with Crippen LogP contribution in [0.3, 0.4) is 0 Å². The van der Waals surface area contributed by atoms with E-state index >= 15 is 0 Å². The Labute approximate surface area is 169 Å². The van der Waals surface area contributed by atoms with Crippen LogP contribution < -0.4 is 9.47 Å².